The fourth-order valence-corrected chi connectivity index (χ4v) is 5.46. The molecule has 3 aromatic heterocycles. The number of fused-ring (bicyclic) bond motifs is 1. The van der Waals surface area contributed by atoms with E-state index in [2.05, 4.69) is 43.1 Å². The van der Waals surface area contributed by atoms with Gasteiger partial charge in [0.15, 0.2) is 15.7 Å². The third kappa shape index (κ3) is 4.33. The molecule has 0 radical (unpaired) electrons. The zero-order valence-electron chi connectivity index (χ0n) is 17.7. The minimum atomic E-state index is -2.66. The lowest BCUT2D eigenvalue weighted by Gasteiger charge is -2.38. The van der Waals surface area contributed by atoms with E-state index in [-0.39, 0.29) is 22.6 Å². The largest absolute Gasteiger partial charge is 0.365 e. The zero-order chi connectivity index (χ0) is 22.5. The molecule has 2 atom stereocenters. The fourth-order valence-electron chi connectivity index (χ4n) is 3.86. The van der Waals surface area contributed by atoms with Gasteiger partial charge < -0.3 is 10.2 Å². The molecule has 0 amide bonds. The molecule has 0 aromatic carbocycles. The van der Waals surface area contributed by atoms with Crippen LogP contribution in [0.4, 0.5) is 18.9 Å². The van der Waals surface area contributed by atoms with Gasteiger partial charge in [0.2, 0.25) is 0 Å². The summed E-state index contributed by atoms with van der Waals surface area (Å²) in [4.78, 5) is 7.70. The van der Waals surface area contributed by atoms with Crippen molar-refractivity contribution in [3.05, 3.63) is 23.5 Å². The summed E-state index contributed by atoms with van der Waals surface area (Å²) in [7, 11) is 0. The van der Waals surface area contributed by atoms with Crippen molar-refractivity contribution in [2.24, 2.45) is 0 Å². The van der Waals surface area contributed by atoms with Gasteiger partial charge in [-0.05, 0) is 44.7 Å². The van der Waals surface area contributed by atoms with Gasteiger partial charge in [-0.1, -0.05) is 11.3 Å². The summed E-state index contributed by atoms with van der Waals surface area (Å²) in [6, 6.07) is 1.92. The highest BCUT2D eigenvalue weighted by molar-refractivity contribution is 7.97. The topological polar surface area (TPSA) is 70.4 Å². The maximum atomic E-state index is 13.5. The van der Waals surface area contributed by atoms with E-state index >= 15 is 0 Å². The molecule has 5 rings (SSSR count). The van der Waals surface area contributed by atoms with Crippen LogP contribution in [0.1, 0.15) is 38.1 Å². The van der Waals surface area contributed by atoms with Gasteiger partial charge in [0.25, 0.3) is 6.43 Å². The second-order valence-corrected chi connectivity index (χ2v) is 10.6. The Morgan fingerprint density at radius 3 is 2.84 bits per heavy atom. The molecule has 2 fully saturated rings. The lowest BCUT2D eigenvalue weighted by atomic mass is 10.1. The molecule has 1 saturated carbocycles. The van der Waals surface area contributed by atoms with Gasteiger partial charge in [-0.3, -0.25) is 9.12 Å². The number of rotatable bonds is 7. The lowest BCUT2D eigenvalue weighted by molar-refractivity contribution is 0.150. The van der Waals surface area contributed by atoms with Crippen molar-refractivity contribution in [3.63, 3.8) is 0 Å². The van der Waals surface area contributed by atoms with Crippen LogP contribution in [0, 0.1) is 0 Å². The van der Waals surface area contributed by atoms with Crippen LogP contribution >= 0.6 is 23.3 Å². The van der Waals surface area contributed by atoms with Gasteiger partial charge >= 0.3 is 0 Å². The van der Waals surface area contributed by atoms with Crippen molar-refractivity contribution in [1.29, 1.82) is 0 Å². The number of nitrogens with one attached hydrogen (secondary N) is 2. The van der Waals surface area contributed by atoms with Crippen LogP contribution in [-0.4, -0.2) is 57.0 Å². The first-order valence-electron chi connectivity index (χ1n) is 10.5. The summed E-state index contributed by atoms with van der Waals surface area (Å²) in [6.45, 7) is 4.99. The van der Waals surface area contributed by atoms with Crippen LogP contribution in [0.2, 0.25) is 0 Å². The quantitative estimate of drug-likeness (QED) is 0.491. The Bertz CT molecular complexity index is 1110. The molecular weight excluding hydrogens is 459 g/mol. The highest BCUT2D eigenvalue weighted by Gasteiger charge is 2.37. The average molecular weight is 484 g/mol. The highest BCUT2D eigenvalue weighted by Crippen LogP contribution is 2.39. The van der Waals surface area contributed by atoms with E-state index in [0.717, 1.165) is 34.8 Å². The Kier molecular flexibility index (Phi) is 5.81. The van der Waals surface area contributed by atoms with Gasteiger partial charge in [-0.2, -0.15) is 0 Å². The summed E-state index contributed by atoms with van der Waals surface area (Å²) in [5.74, 6) is 0. The summed E-state index contributed by atoms with van der Waals surface area (Å²) in [5, 5.41) is 10.9. The zero-order valence-corrected chi connectivity index (χ0v) is 19.3. The molecule has 1 aliphatic carbocycles. The second-order valence-electron chi connectivity index (χ2n) is 8.73. The van der Waals surface area contributed by atoms with E-state index in [4.69, 9.17) is 0 Å². The Morgan fingerprint density at radius 1 is 1.34 bits per heavy atom. The molecule has 0 bridgehead atoms. The summed E-state index contributed by atoms with van der Waals surface area (Å²) >= 11 is 2.40. The van der Waals surface area contributed by atoms with Crippen molar-refractivity contribution in [1.82, 2.24) is 29.6 Å². The fraction of sp³-hybridized carbons (Fsp3) is 0.550. The highest BCUT2D eigenvalue weighted by atomic mass is 32.2. The Labute approximate surface area is 191 Å². The molecule has 3 aromatic rings. The Balaban J connectivity index is 1.57. The van der Waals surface area contributed by atoms with Gasteiger partial charge in [-0.25, -0.2) is 18.2 Å². The number of alkyl halides is 3. The smallest absolute Gasteiger partial charge is 0.291 e. The van der Waals surface area contributed by atoms with Gasteiger partial charge in [-0.15, -0.1) is 10.2 Å². The monoisotopic (exact) mass is 483 g/mol. The molecule has 0 spiro atoms. The number of halogens is 3. The van der Waals surface area contributed by atoms with Crippen molar-refractivity contribution in [2.45, 2.75) is 55.6 Å². The van der Waals surface area contributed by atoms with Crippen molar-refractivity contribution < 1.29 is 13.2 Å². The first kappa shape index (κ1) is 21.9. The maximum absolute atomic E-state index is 13.5. The van der Waals surface area contributed by atoms with E-state index in [1.54, 1.807) is 18.1 Å². The number of imidazole rings is 1. The molecule has 2 aliphatic rings. The standard InChI is InChI=1S/C20H24F3N7S2/c1-11-8-29(9-12(6-21)25-11)14-5-13(32-28-20(2)3-4-20)10-30-15(7-24-17(14)30)18-26-27-19(31-18)16(22)23/h5,7,10-12,16,25,28H,3-4,6,8-9H2,1-2H3. The number of nitrogens with zero attached hydrogens (tertiary/aromatic N) is 5. The molecule has 7 nitrogen and oxygen atoms in total. The number of aromatic nitrogens is 4. The number of hydrogen-bond acceptors (Lipinski definition) is 8. The van der Waals surface area contributed by atoms with Crippen LogP contribution in [0.5, 0.6) is 0 Å². The lowest BCUT2D eigenvalue weighted by Crippen LogP contribution is -2.56. The van der Waals surface area contributed by atoms with Crippen molar-refractivity contribution in [2.75, 3.05) is 24.7 Å². The van der Waals surface area contributed by atoms with Crippen molar-refractivity contribution >= 4 is 34.6 Å². The normalized spacial score (nSPS) is 22.8. The number of hydrogen-bond donors (Lipinski definition) is 2. The predicted octanol–water partition coefficient (Wildman–Crippen LogP) is 4.08. The minimum absolute atomic E-state index is 0.121. The third-order valence-corrected chi connectivity index (χ3v) is 7.81. The second kappa shape index (κ2) is 8.47. The van der Waals surface area contributed by atoms with E-state index in [1.165, 1.54) is 0 Å². The first-order chi connectivity index (χ1) is 15.3. The first-order valence-corrected chi connectivity index (χ1v) is 12.1. The van der Waals surface area contributed by atoms with Crippen molar-refractivity contribution in [3.8, 4) is 10.7 Å². The van der Waals surface area contributed by atoms with E-state index in [0.29, 0.717) is 29.4 Å². The molecule has 12 heteroatoms. The molecule has 1 saturated heterocycles. The van der Waals surface area contributed by atoms with Crippen LogP contribution in [-0.2, 0) is 0 Å². The maximum Gasteiger partial charge on any atom is 0.291 e. The molecule has 2 N–H and O–H groups in total. The van der Waals surface area contributed by atoms with E-state index in [9.17, 15) is 13.2 Å². The predicted molar refractivity (Wildman–Crippen MR) is 120 cm³/mol. The Morgan fingerprint density at radius 2 is 2.16 bits per heavy atom. The van der Waals surface area contributed by atoms with E-state index in [1.807, 2.05) is 17.5 Å². The molecule has 2 unspecified atom stereocenters. The number of pyridine rings is 1. The van der Waals surface area contributed by atoms with E-state index < -0.39 is 13.1 Å². The molecule has 1 aliphatic heterocycles. The summed E-state index contributed by atoms with van der Waals surface area (Å²) < 4.78 is 45.0. The van der Waals surface area contributed by atoms with Crippen LogP contribution < -0.4 is 14.9 Å². The average Bonchev–Trinajstić information content (AvgIpc) is 3.16. The molecule has 32 heavy (non-hydrogen) atoms. The SMILES string of the molecule is CC1CN(c2cc(SNC3(C)CC3)cn3c(-c4nnc(C(F)F)s4)cnc23)CC(CF)N1. The number of piperazine rings is 1. The summed E-state index contributed by atoms with van der Waals surface area (Å²) in [6.07, 6.45) is 3.16. The molecule has 4 heterocycles. The number of anilines is 1. The molecule has 172 valence electrons. The van der Waals surface area contributed by atoms with Gasteiger partial charge in [0.1, 0.15) is 12.4 Å². The summed E-state index contributed by atoms with van der Waals surface area (Å²) in [5.41, 5.74) is 2.30. The minimum Gasteiger partial charge on any atom is -0.365 e. The molecular formula is C20H24F3N7S2. The van der Waals surface area contributed by atoms with Gasteiger partial charge in [0, 0.05) is 35.8 Å². The van der Waals surface area contributed by atoms with Crippen LogP contribution in [0.15, 0.2) is 23.4 Å². The van der Waals surface area contributed by atoms with Gasteiger partial charge in [0.05, 0.1) is 17.9 Å². The Hall–Kier alpha value is -1.89. The third-order valence-electron chi connectivity index (χ3n) is 5.81. The van der Waals surface area contributed by atoms with Crippen LogP contribution in [0.3, 0.4) is 0 Å². The van der Waals surface area contributed by atoms with Crippen LogP contribution in [0.25, 0.3) is 16.3 Å².